The zero-order valence-electron chi connectivity index (χ0n) is 10.5. The third-order valence-electron chi connectivity index (χ3n) is 3.62. The summed E-state index contributed by atoms with van der Waals surface area (Å²) in [6.07, 6.45) is 8.95. The van der Waals surface area contributed by atoms with E-state index in [0.717, 1.165) is 19.3 Å². The van der Waals surface area contributed by atoms with Crippen molar-refractivity contribution in [3.05, 3.63) is 12.2 Å². The third kappa shape index (κ3) is 2.82. The summed E-state index contributed by atoms with van der Waals surface area (Å²) in [4.78, 5) is 2.15. The second-order valence-electron chi connectivity index (χ2n) is 5.11. The van der Waals surface area contributed by atoms with E-state index in [4.69, 9.17) is 0 Å². The van der Waals surface area contributed by atoms with Crippen LogP contribution in [0.4, 0.5) is 0 Å². The van der Waals surface area contributed by atoms with Crippen molar-refractivity contribution in [1.29, 1.82) is 0 Å². The molecular formula is C13H25NO. The Kier molecular flexibility index (Phi) is 4.35. The van der Waals surface area contributed by atoms with E-state index >= 15 is 0 Å². The van der Waals surface area contributed by atoms with Crippen LogP contribution in [-0.4, -0.2) is 35.7 Å². The van der Waals surface area contributed by atoms with Gasteiger partial charge in [-0.25, -0.2) is 0 Å². The summed E-state index contributed by atoms with van der Waals surface area (Å²) < 4.78 is 0. The predicted molar refractivity (Wildman–Crippen MR) is 64.9 cm³/mol. The molecule has 0 heterocycles. The summed E-state index contributed by atoms with van der Waals surface area (Å²) in [5.41, 5.74) is -0.562. The molecule has 3 unspecified atom stereocenters. The Morgan fingerprint density at radius 1 is 1.40 bits per heavy atom. The molecule has 3 atom stereocenters. The minimum Gasteiger partial charge on any atom is -0.388 e. The Hall–Kier alpha value is -0.340. The van der Waals surface area contributed by atoms with Crippen LogP contribution in [-0.2, 0) is 0 Å². The van der Waals surface area contributed by atoms with Gasteiger partial charge in [-0.3, -0.25) is 0 Å². The second kappa shape index (κ2) is 5.13. The van der Waals surface area contributed by atoms with Crippen molar-refractivity contribution in [2.24, 2.45) is 5.92 Å². The minimum absolute atomic E-state index is 0.300. The first-order valence-electron chi connectivity index (χ1n) is 6.05. The lowest BCUT2D eigenvalue weighted by molar-refractivity contribution is -0.0178. The van der Waals surface area contributed by atoms with Crippen molar-refractivity contribution in [2.75, 3.05) is 14.1 Å². The molecule has 0 aromatic heterocycles. The van der Waals surface area contributed by atoms with Crippen LogP contribution in [0.15, 0.2) is 12.2 Å². The van der Waals surface area contributed by atoms with Crippen LogP contribution in [0.1, 0.15) is 39.5 Å². The molecule has 0 amide bonds. The lowest BCUT2D eigenvalue weighted by Crippen LogP contribution is -2.47. The number of unbranched alkanes of at least 4 members (excludes halogenated alkanes) is 1. The van der Waals surface area contributed by atoms with Gasteiger partial charge in [0.1, 0.15) is 0 Å². The fourth-order valence-electron chi connectivity index (χ4n) is 2.67. The monoisotopic (exact) mass is 211 g/mol. The highest BCUT2D eigenvalue weighted by Crippen LogP contribution is 2.38. The van der Waals surface area contributed by atoms with Crippen molar-refractivity contribution >= 4 is 0 Å². The van der Waals surface area contributed by atoms with E-state index < -0.39 is 5.60 Å². The summed E-state index contributed by atoms with van der Waals surface area (Å²) in [5, 5.41) is 10.5. The first-order chi connectivity index (χ1) is 7.00. The van der Waals surface area contributed by atoms with E-state index in [1.54, 1.807) is 0 Å². The summed E-state index contributed by atoms with van der Waals surface area (Å²) >= 11 is 0. The molecular weight excluding hydrogens is 186 g/mol. The van der Waals surface area contributed by atoms with Crippen molar-refractivity contribution in [3.63, 3.8) is 0 Å². The summed E-state index contributed by atoms with van der Waals surface area (Å²) in [7, 11) is 4.11. The maximum atomic E-state index is 10.5. The molecule has 88 valence electrons. The van der Waals surface area contributed by atoms with Gasteiger partial charge in [0.05, 0.1) is 5.60 Å². The van der Waals surface area contributed by atoms with Gasteiger partial charge in [-0.05, 0) is 40.3 Å². The largest absolute Gasteiger partial charge is 0.388 e. The number of nitrogens with zero attached hydrogens (tertiary/aromatic N) is 1. The van der Waals surface area contributed by atoms with Crippen LogP contribution in [0.3, 0.4) is 0 Å². The number of rotatable bonds is 4. The SMILES string of the molecule is CCCC=CC1CCC(N(C)C)C1(C)O. The summed E-state index contributed by atoms with van der Waals surface area (Å²) in [5.74, 6) is 0.330. The molecule has 0 aromatic rings. The van der Waals surface area contributed by atoms with Gasteiger partial charge in [0.25, 0.3) is 0 Å². The summed E-state index contributed by atoms with van der Waals surface area (Å²) in [6.45, 7) is 4.16. The van der Waals surface area contributed by atoms with Crippen LogP contribution in [0, 0.1) is 5.92 Å². The van der Waals surface area contributed by atoms with Crippen molar-refractivity contribution in [1.82, 2.24) is 4.90 Å². The van der Waals surface area contributed by atoms with Crippen LogP contribution >= 0.6 is 0 Å². The second-order valence-corrected chi connectivity index (χ2v) is 5.11. The van der Waals surface area contributed by atoms with E-state index in [-0.39, 0.29) is 0 Å². The molecule has 1 aliphatic carbocycles. The van der Waals surface area contributed by atoms with E-state index in [1.165, 1.54) is 6.42 Å². The van der Waals surface area contributed by atoms with Crippen molar-refractivity contribution in [3.8, 4) is 0 Å². The molecule has 15 heavy (non-hydrogen) atoms. The summed E-state index contributed by atoms with van der Waals surface area (Å²) in [6, 6.07) is 0.300. The van der Waals surface area contributed by atoms with Gasteiger partial charge in [-0.15, -0.1) is 0 Å². The zero-order chi connectivity index (χ0) is 11.5. The van der Waals surface area contributed by atoms with Crippen molar-refractivity contribution < 1.29 is 5.11 Å². The van der Waals surface area contributed by atoms with E-state index in [9.17, 15) is 5.11 Å². The van der Waals surface area contributed by atoms with Crippen molar-refractivity contribution in [2.45, 2.75) is 51.2 Å². The fraction of sp³-hybridized carbons (Fsp3) is 0.846. The quantitative estimate of drug-likeness (QED) is 0.722. The lowest BCUT2D eigenvalue weighted by Gasteiger charge is -2.34. The molecule has 2 nitrogen and oxygen atoms in total. The average molecular weight is 211 g/mol. The molecule has 0 aliphatic heterocycles. The molecule has 1 saturated carbocycles. The average Bonchev–Trinajstić information content (AvgIpc) is 2.42. The van der Waals surface area contributed by atoms with Crippen LogP contribution in [0.25, 0.3) is 0 Å². The van der Waals surface area contributed by atoms with Gasteiger partial charge in [0, 0.05) is 12.0 Å². The highest BCUT2D eigenvalue weighted by Gasteiger charge is 2.44. The Bertz CT molecular complexity index is 221. The van der Waals surface area contributed by atoms with Gasteiger partial charge in [-0.1, -0.05) is 25.5 Å². The Balaban J connectivity index is 2.62. The molecule has 0 aromatic carbocycles. The zero-order valence-corrected chi connectivity index (χ0v) is 10.5. The predicted octanol–water partition coefficient (Wildman–Crippen LogP) is 2.43. The van der Waals surface area contributed by atoms with Crippen LogP contribution in [0.5, 0.6) is 0 Å². The van der Waals surface area contributed by atoms with Crippen LogP contribution in [0.2, 0.25) is 0 Å². The number of aliphatic hydroxyl groups is 1. The van der Waals surface area contributed by atoms with Gasteiger partial charge in [-0.2, -0.15) is 0 Å². The fourth-order valence-corrected chi connectivity index (χ4v) is 2.67. The minimum atomic E-state index is -0.562. The Labute approximate surface area is 94.0 Å². The van der Waals surface area contributed by atoms with Gasteiger partial charge in [0.15, 0.2) is 0 Å². The van der Waals surface area contributed by atoms with Gasteiger partial charge >= 0.3 is 0 Å². The molecule has 1 rings (SSSR count). The van der Waals surface area contributed by atoms with Gasteiger partial charge in [0.2, 0.25) is 0 Å². The first-order valence-corrected chi connectivity index (χ1v) is 6.05. The topological polar surface area (TPSA) is 23.5 Å². The Morgan fingerprint density at radius 2 is 2.07 bits per heavy atom. The van der Waals surface area contributed by atoms with E-state index in [0.29, 0.717) is 12.0 Å². The first kappa shape index (κ1) is 12.7. The lowest BCUT2D eigenvalue weighted by atomic mass is 9.89. The number of hydrogen-bond acceptors (Lipinski definition) is 2. The van der Waals surface area contributed by atoms with Gasteiger partial charge < -0.3 is 10.0 Å². The highest BCUT2D eigenvalue weighted by atomic mass is 16.3. The Morgan fingerprint density at radius 3 is 2.53 bits per heavy atom. The third-order valence-corrected chi connectivity index (χ3v) is 3.62. The molecule has 1 fully saturated rings. The maximum absolute atomic E-state index is 10.5. The molecule has 0 spiro atoms. The molecule has 1 N–H and O–H groups in total. The van der Waals surface area contributed by atoms with E-state index in [1.807, 2.05) is 6.92 Å². The van der Waals surface area contributed by atoms with Crippen LogP contribution < -0.4 is 0 Å². The molecule has 1 aliphatic rings. The maximum Gasteiger partial charge on any atom is 0.0836 e. The highest BCUT2D eigenvalue weighted by molar-refractivity contribution is 5.07. The standard InChI is InChI=1S/C13H25NO/c1-5-6-7-8-11-9-10-12(14(3)4)13(11,2)15/h7-8,11-12,15H,5-6,9-10H2,1-4H3. The molecule has 2 heteroatoms. The van der Waals surface area contributed by atoms with E-state index in [2.05, 4.69) is 38.1 Å². The number of likely N-dealkylation sites (N-methyl/N-ethyl adjacent to an activating group) is 1. The number of hydrogen-bond donors (Lipinski definition) is 1. The normalized spacial score (nSPS) is 36.9. The molecule has 0 radical (unpaired) electrons. The number of allylic oxidation sites excluding steroid dienone is 1. The molecule has 0 saturated heterocycles. The smallest absolute Gasteiger partial charge is 0.0836 e. The molecule has 0 bridgehead atoms.